The first kappa shape index (κ1) is 14.4. The smallest absolute Gasteiger partial charge is 0.419 e. The van der Waals surface area contributed by atoms with Gasteiger partial charge in [0.05, 0.1) is 16.8 Å². The number of benzene rings is 2. The minimum Gasteiger partial charge on any atom is -0.487 e. The fraction of sp³-hybridized carbons (Fsp3) is 0.118. The molecule has 0 amide bonds. The van der Waals surface area contributed by atoms with E-state index in [4.69, 9.17) is 4.74 Å². The zero-order chi connectivity index (χ0) is 15.6. The molecule has 2 nitrogen and oxygen atoms in total. The number of hydrogen-bond acceptors (Lipinski definition) is 2. The van der Waals surface area contributed by atoms with Gasteiger partial charge in [0.1, 0.15) is 12.4 Å². The minimum absolute atomic E-state index is 0.0159. The van der Waals surface area contributed by atoms with Crippen LogP contribution in [0, 0.1) is 0 Å². The van der Waals surface area contributed by atoms with Crippen LogP contribution in [0.3, 0.4) is 0 Å². The van der Waals surface area contributed by atoms with Crippen molar-refractivity contribution in [2.24, 2.45) is 0 Å². The summed E-state index contributed by atoms with van der Waals surface area (Å²) in [6, 6.07) is 16.3. The second kappa shape index (κ2) is 5.67. The highest BCUT2D eigenvalue weighted by Gasteiger charge is 2.33. The summed E-state index contributed by atoms with van der Waals surface area (Å²) in [5.74, 6) is -0.190. The van der Waals surface area contributed by atoms with Crippen molar-refractivity contribution < 1.29 is 17.9 Å². The summed E-state index contributed by atoms with van der Waals surface area (Å²) in [6.07, 6.45) is -4.44. The highest BCUT2D eigenvalue weighted by atomic mass is 19.4. The van der Waals surface area contributed by atoms with Crippen LogP contribution in [0.25, 0.3) is 10.9 Å². The van der Waals surface area contributed by atoms with Crippen molar-refractivity contribution in [2.75, 3.05) is 0 Å². The van der Waals surface area contributed by atoms with Crippen molar-refractivity contribution in [2.45, 2.75) is 12.8 Å². The molecule has 0 bridgehead atoms. The van der Waals surface area contributed by atoms with E-state index in [1.54, 1.807) is 6.07 Å². The topological polar surface area (TPSA) is 22.1 Å². The first-order valence-corrected chi connectivity index (χ1v) is 6.68. The molecule has 0 fully saturated rings. The van der Waals surface area contributed by atoms with E-state index in [-0.39, 0.29) is 12.4 Å². The van der Waals surface area contributed by atoms with Crippen LogP contribution in [0.4, 0.5) is 13.2 Å². The fourth-order valence-corrected chi connectivity index (χ4v) is 2.17. The van der Waals surface area contributed by atoms with Crippen LogP contribution >= 0.6 is 0 Å². The third-order valence-electron chi connectivity index (χ3n) is 3.22. The van der Waals surface area contributed by atoms with E-state index < -0.39 is 11.7 Å². The monoisotopic (exact) mass is 303 g/mol. The Kier molecular flexibility index (Phi) is 3.71. The largest absolute Gasteiger partial charge is 0.487 e. The third-order valence-corrected chi connectivity index (χ3v) is 3.22. The normalized spacial score (nSPS) is 11.6. The minimum atomic E-state index is -4.44. The number of halogens is 3. The zero-order valence-electron chi connectivity index (χ0n) is 11.5. The van der Waals surface area contributed by atoms with Crippen molar-refractivity contribution in [1.82, 2.24) is 4.98 Å². The molecule has 0 aliphatic rings. The predicted molar refractivity (Wildman–Crippen MR) is 77.5 cm³/mol. The van der Waals surface area contributed by atoms with Gasteiger partial charge in [-0.3, -0.25) is 0 Å². The van der Waals surface area contributed by atoms with E-state index in [1.165, 1.54) is 18.2 Å². The Morgan fingerprint density at radius 3 is 2.41 bits per heavy atom. The average molecular weight is 303 g/mol. The van der Waals surface area contributed by atoms with Crippen molar-refractivity contribution in [3.63, 3.8) is 0 Å². The number of aromatic nitrogens is 1. The molecular formula is C17H12F3NO. The molecule has 0 saturated carbocycles. The summed E-state index contributed by atoms with van der Waals surface area (Å²) < 4.78 is 44.0. The number of nitrogens with zero attached hydrogens (tertiary/aromatic N) is 1. The Hall–Kier alpha value is -2.56. The molecule has 22 heavy (non-hydrogen) atoms. The Morgan fingerprint density at radius 1 is 0.864 bits per heavy atom. The Bertz CT molecular complexity index is 799. The average Bonchev–Trinajstić information content (AvgIpc) is 2.52. The molecule has 1 aromatic heterocycles. The molecule has 0 radical (unpaired) electrons. The number of hydrogen-bond donors (Lipinski definition) is 0. The molecule has 0 atom stereocenters. The quantitative estimate of drug-likeness (QED) is 0.691. The van der Waals surface area contributed by atoms with E-state index in [2.05, 4.69) is 4.98 Å². The maximum Gasteiger partial charge on any atom is 0.419 e. The molecule has 0 saturated heterocycles. The summed E-state index contributed by atoms with van der Waals surface area (Å²) in [6.45, 7) is -0.0159. The number of pyridine rings is 1. The van der Waals surface area contributed by atoms with Gasteiger partial charge in [0, 0.05) is 5.39 Å². The molecule has 0 spiro atoms. The Morgan fingerprint density at radius 2 is 1.59 bits per heavy atom. The molecule has 112 valence electrons. The lowest BCUT2D eigenvalue weighted by Gasteiger charge is -2.13. The first-order valence-electron chi connectivity index (χ1n) is 6.68. The molecule has 5 heteroatoms. The van der Waals surface area contributed by atoms with Crippen LogP contribution in [0.15, 0.2) is 60.7 Å². The fourth-order valence-electron chi connectivity index (χ4n) is 2.17. The van der Waals surface area contributed by atoms with Crippen LogP contribution in [0.2, 0.25) is 0 Å². The van der Waals surface area contributed by atoms with Crippen LogP contribution in [-0.4, -0.2) is 4.98 Å². The van der Waals surface area contributed by atoms with Crippen molar-refractivity contribution in [3.8, 4) is 5.75 Å². The van der Waals surface area contributed by atoms with Gasteiger partial charge in [-0.25, -0.2) is 4.98 Å². The van der Waals surface area contributed by atoms with Crippen molar-refractivity contribution in [3.05, 3.63) is 71.9 Å². The highest BCUT2D eigenvalue weighted by Crippen LogP contribution is 2.36. The number of alkyl halides is 3. The SMILES string of the molecule is FC(F)(F)c1ccccc1OCc1ccc2ccccc2n1. The van der Waals surface area contributed by atoms with Gasteiger partial charge in [-0.15, -0.1) is 0 Å². The van der Waals surface area contributed by atoms with E-state index in [1.807, 2.05) is 30.3 Å². The molecule has 0 aliphatic heterocycles. The maximum absolute atomic E-state index is 12.9. The van der Waals surface area contributed by atoms with Crippen LogP contribution in [0.1, 0.15) is 11.3 Å². The van der Waals surface area contributed by atoms with Crippen molar-refractivity contribution >= 4 is 10.9 Å². The number of rotatable bonds is 3. The van der Waals surface area contributed by atoms with Gasteiger partial charge in [-0.1, -0.05) is 36.4 Å². The number of ether oxygens (including phenoxy) is 1. The van der Waals surface area contributed by atoms with Gasteiger partial charge in [0.25, 0.3) is 0 Å². The molecule has 2 aromatic carbocycles. The van der Waals surface area contributed by atoms with Gasteiger partial charge in [-0.05, 0) is 24.3 Å². The zero-order valence-corrected chi connectivity index (χ0v) is 11.5. The predicted octanol–water partition coefficient (Wildman–Crippen LogP) is 4.83. The molecule has 0 aliphatic carbocycles. The molecule has 3 aromatic rings. The first-order chi connectivity index (χ1) is 10.5. The maximum atomic E-state index is 12.9. The summed E-state index contributed by atoms with van der Waals surface area (Å²) in [4.78, 5) is 4.38. The lowest BCUT2D eigenvalue weighted by atomic mass is 10.2. The summed E-state index contributed by atoms with van der Waals surface area (Å²) in [7, 11) is 0. The van der Waals surface area contributed by atoms with Crippen molar-refractivity contribution in [1.29, 1.82) is 0 Å². The molecule has 0 unspecified atom stereocenters. The third kappa shape index (κ3) is 3.03. The Balaban J connectivity index is 1.82. The summed E-state index contributed by atoms with van der Waals surface area (Å²) in [5, 5.41) is 0.974. The highest BCUT2D eigenvalue weighted by molar-refractivity contribution is 5.78. The van der Waals surface area contributed by atoms with Gasteiger partial charge in [-0.2, -0.15) is 13.2 Å². The van der Waals surface area contributed by atoms with E-state index in [0.29, 0.717) is 5.69 Å². The Labute approximate surface area is 125 Å². The van der Waals surface area contributed by atoms with Gasteiger partial charge in [0.2, 0.25) is 0 Å². The molecular weight excluding hydrogens is 291 g/mol. The second-order valence-electron chi connectivity index (χ2n) is 4.78. The van der Waals surface area contributed by atoms with Gasteiger partial charge in [0.15, 0.2) is 0 Å². The molecule has 1 heterocycles. The summed E-state index contributed by atoms with van der Waals surface area (Å²) in [5.41, 5.74) is 0.583. The van der Waals surface area contributed by atoms with Crippen LogP contribution < -0.4 is 4.74 Å². The van der Waals surface area contributed by atoms with E-state index in [9.17, 15) is 13.2 Å². The van der Waals surface area contributed by atoms with Crippen LogP contribution in [-0.2, 0) is 12.8 Å². The number of fused-ring (bicyclic) bond motifs is 1. The molecule has 3 rings (SSSR count). The van der Waals surface area contributed by atoms with Crippen LogP contribution in [0.5, 0.6) is 5.75 Å². The second-order valence-corrected chi connectivity index (χ2v) is 4.78. The lowest BCUT2D eigenvalue weighted by Crippen LogP contribution is -2.09. The lowest BCUT2D eigenvalue weighted by molar-refractivity contribution is -0.139. The van der Waals surface area contributed by atoms with Gasteiger partial charge < -0.3 is 4.74 Å². The standard InChI is InChI=1S/C17H12F3NO/c18-17(19,20)14-6-2-4-8-16(14)22-11-13-10-9-12-5-1-3-7-15(12)21-13/h1-10H,11H2. The van der Waals surface area contributed by atoms with E-state index in [0.717, 1.165) is 17.0 Å². The molecule has 0 N–H and O–H groups in total. The number of para-hydroxylation sites is 2. The summed E-state index contributed by atoms with van der Waals surface area (Å²) >= 11 is 0. The van der Waals surface area contributed by atoms with Gasteiger partial charge >= 0.3 is 6.18 Å². The van der Waals surface area contributed by atoms with E-state index >= 15 is 0 Å².